The Labute approximate surface area is 156 Å². The van der Waals surface area contributed by atoms with Crippen LogP contribution in [0.25, 0.3) is 0 Å². The van der Waals surface area contributed by atoms with Gasteiger partial charge in [-0.05, 0) is 49.2 Å². The molecule has 7 heteroatoms. The summed E-state index contributed by atoms with van der Waals surface area (Å²) in [6.07, 6.45) is 0.344. The standard InChI is InChI=1S/C18H19BrN2O3S/c1-13-2-6-16(7-3-13)21-12-14(10-18(21)22)11-20-25(23,24)17-8-4-15(19)5-9-17/h2-9,14,20H,10-12H2,1H3/t14-/m0/s1. The number of hydrogen-bond acceptors (Lipinski definition) is 3. The Bertz CT molecular complexity index is 864. The molecule has 25 heavy (non-hydrogen) atoms. The van der Waals surface area contributed by atoms with Gasteiger partial charge < -0.3 is 4.90 Å². The van der Waals surface area contributed by atoms with Crippen LogP contribution >= 0.6 is 15.9 Å². The molecule has 0 unspecified atom stereocenters. The van der Waals surface area contributed by atoms with Crippen LogP contribution in [-0.2, 0) is 14.8 Å². The van der Waals surface area contributed by atoms with Crippen LogP contribution in [-0.4, -0.2) is 27.4 Å². The van der Waals surface area contributed by atoms with Gasteiger partial charge in [-0.25, -0.2) is 13.1 Å². The van der Waals surface area contributed by atoms with Crippen molar-refractivity contribution in [2.45, 2.75) is 18.2 Å². The first-order valence-electron chi connectivity index (χ1n) is 7.97. The molecule has 1 amide bonds. The average molecular weight is 423 g/mol. The third kappa shape index (κ3) is 4.29. The maximum absolute atomic E-state index is 12.3. The first-order valence-corrected chi connectivity index (χ1v) is 10.2. The first-order chi connectivity index (χ1) is 11.8. The molecular formula is C18H19BrN2O3S. The van der Waals surface area contributed by atoms with E-state index >= 15 is 0 Å². The molecule has 0 spiro atoms. The number of carbonyl (C=O) groups excluding carboxylic acids is 1. The van der Waals surface area contributed by atoms with Gasteiger partial charge in [0.1, 0.15) is 0 Å². The SMILES string of the molecule is Cc1ccc(N2C[C@H](CNS(=O)(=O)c3ccc(Br)cc3)CC2=O)cc1. The molecule has 0 aromatic heterocycles. The summed E-state index contributed by atoms with van der Waals surface area (Å²) >= 11 is 3.29. The van der Waals surface area contributed by atoms with Gasteiger partial charge in [0.25, 0.3) is 0 Å². The van der Waals surface area contributed by atoms with Crippen molar-refractivity contribution in [1.82, 2.24) is 4.72 Å². The second kappa shape index (κ2) is 7.27. The molecule has 0 radical (unpaired) electrons. The lowest BCUT2D eigenvalue weighted by molar-refractivity contribution is -0.117. The quantitative estimate of drug-likeness (QED) is 0.804. The van der Waals surface area contributed by atoms with Crippen LogP contribution in [0.5, 0.6) is 0 Å². The number of nitrogens with one attached hydrogen (secondary N) is 1. The second-order valence-electron chi connectivity index (χ2n) is 6.22. The fourth-order valence-corrected chi connectivity index (χ4v) is 4.20. The molecular weight excluding hydrogens is 404 g/mol. The predicted molar refractivity (Wildman–Crippen MR) is 101 cm³/mol. The Balaban J connectivity index is 1.63. The van der Waals surface area contributed by atoms with Crippen molar-refractivity contribution in [1.29, 1.82) is 0 Å². The zero-order valence-corrected chi connectivity index (χ0v) is 16.2. The van der Waals surface area contributed by atoms with E-state index in [1.807, 2.05) is 31.2 Å². The summed E-state index contributed by atoms with van der Waals surface area (Å²) in [5.74, 6) is -0.0179. The maximum Gasteiger partial charge on any atom is 0.240 e. The van der Waals surface area contributed by atoms with Gasteiger partial charge in [0.2, 0.25) is 15.9 Å². The Morgan fingerprint density at radius 3 is 2.40 bits per heavy atom. The van der Waals surface area contributed by atoms with E-state index in [-0.39, 0.29) is 23.3 Å². The highest BCUT2D eigenvalue weighted by Gasteiger charge is 2.31. The van der Waals surface area contributed by atoms with Gasteiger partial charge in [0.05, 0.1) is 4.90 Å². The third-order valence-electron chi connectivity index (χ3n) is 4.24. The molecule has 5 nitrogen and oxygen atoms in total. The lowest BCUT2D eigenvalue weighted by atomic mass is 10.1. The van der Waals surface area contributed by atoms with E-state index in [9.17, 15) is 13.2 Å². The zero-order valence-electron chi connectivity index (χ0n) is 13.8. The minimum absolute atomic E-state index is 0.0247. The molecule has 1 aliphatic rings. The van der Waals surface area contributed by atoms with Gasteiger partial charge in [-0.2, -0.15) is 0 Å². The molecule has 1 fully saturated rings. The number of hydrogen-bond donors (Lipinski definition) is 1. The normalized spacial score (nSPS) is 17.9. The summed E-state index contributed by atoms with van der Waals surface area (Å²) in [7, 11) is -3.57. The lowest BCUT2D eigenvalue weighted by Crippen LogP contribution is -2.31. The zero-order chi connectivity index (χ0) is 18.0. The van der Waals surface area contributed by atoms with Crippen molar-refractivity contribution >= 4 is 37.5 Å². The first kappa shape index (κ1) is 18.1. The second-order valence-corrected chi connectivity index (χ2v) is 8.90. The Morgan fingerprint density at radius 2 is 1.76 bits per heavy atom. The van der Waals surface area contributed by atoms with Crippen LogP contribution in [0.15, 0.2) is 57.9 Å². The molecule has 1 heterocycles. The molecule has 3 rings (SSSR count). The summed E-state index contributed by atoms with van der Waals surface area (Å²) in [6, 6.07) is 14.2. The molecule has 0 saturated carbocycles. The molecule has 2 aromatic carbocycles. The number of carbonyl (C=O) groups is 1. The van der Waals surface area contributed by atoms with Crippen LogP contribution in [0.2, 0.25) is 0 Å². The van der Waals surface area contributed by atoms with Crippen LogP contribution < -0.4 is 9.62 Å². The summed E-state index contributed by atoms with van der Waals surface area (Å²) in [5, 5.41) is 0. The summed E-state index contributed by atoms with van der Waals surface area (Å²) in [6.45, 7) is 2.76. The molecule has 1 aliphatic heterocycles. The van der Waals surface area contributed by atoms with E-state index in [1.54, 1.807) is 29.2 Å². The highest BCUT2D eigenvalue weighted by atomic mass is 79.9. The van der Waals surface area contributed by atoms with Crippen LogP contribution in [0.4, 0.5) is 5.69 Å². The maximum atomic E-state index is 12.3. The molecule has 0 aliphatic carbocycles. The van der Waals surface area contributed by atoms with Gasteiger partial charge in [-0.3, -0.25) is 4.79 Å². The van der Waals surface area contributed by atoms with E-state index in [0.717, 1.165) is 15.7 Å². The monoisotopic (exact) mass is 422 g/mol. The van der Waals surface area contributed by atoms with E-state index in [0.29, 0.717) is 13.0 Å². The van der Waals surface area contributed by atoms with Crippen molar-refractivity contribution in [3.63, 3.8) is 0 Å². The van der Waals surface area contributed by atoms with Crippen molar-refractivity contribution in [2.24, 2.45) is 5.92 Å². The lowest BCUT2D eigenvalue weighted by Gasteiger charge is -2.17. The van der Waals surface area contributed by atoms with Gasteiger partial charge in [0.15, 0.2) is 0 Å². The van der Waals surface area contributed by atoms with Crippen LogP contribution in [0, 0.1) is 12.8 Å². The van der Waals surface area contributed by atoms with Crippen LogP contribution in [0.3, 0.4) is 0 Å². The fraction of sp³-hybridized carbons (Fsp3) is 0.278. The number of halogens is 1. The largest absolute Gasteiger partial charge is 0.312 e. The third-order valence-corrected chi connectivity index (χ3v) is 6.20. The Kier molecular flexibility index (Phi) is 5.27. The summed E-state index contributed by atoms with van der Waals surface area (Å²) in [5.41, 5.74) is 1.99. The van der Waals surface area contributed by atoms with E-state index in [4.69, 9.17) is 0 Å². The molecule has 132 valence electrons. The van der Waals surface area contributed by atoms with Gasteiger partial charge in [0, 0.05) is 29.7 Å². The van der Waals surface area contributed by atoms with Gasteiger partial charge in [-0.1, -0.05) is 33.6 Å². The minimum Gasteiger partial charge on any atom is -0.312 e. The molecule has 0 bridgehead atoms. The van der Waals surface area contributed by atoms with Crippen molar-refractivity contribution in [3.05, 3.63) is 58.6 Å². The van der Waals surface area contributed by atoms with Gasteiger partial charge >= 0.3 is 0 Å². The highest BCUT2D eigenvalue weighted by molar-refractivity contribution is 9.10. The highest BCUT2D eigenvalue weighted by Crippen LogP contribution is 2.25. The number of amides is 1. The molecule has 1 N–H and O–H groups in total. The number of aryl methyl sites for hydroxylation is 1. The Morgan fingerprint density at radius 1 is 1.12 bits per heavy atom. The minimum atomic E-state index is -3.57. The number of sulfonamides is 1. The van der Waals surface area contributed by atoms with E-state index in [2.05, 4.69) is 20.7 Å². The average Bonchev–Trinajstić information content (AvgIpc) is 2.95. The Hall–Kier alpha value is -1.70. The van der Waals surface area contributed by atoms with Crippen molar-refractivity contribution in [3.8, 4) is 0 Å². The van der Waals surface area contributed by atoms with Crippen molar-refractivity contribution < 1.29 is 13.2 Å². The molecule has 1 atom stereocenters. The summed E-state index contributed by atoms with van der Waals surface area (Å²) in [4.78, 5) is 14.2. The van der Waals surface area contributed by atoms with Crippen LogP contribution in [0.1, 0.15) is 12.0 Å². The number of rotatable bonds is 5. The topological polar surface area (TPSA) is 66.5 Å². The molecule has 2 aromatic rings. The molecule has 1 saturated heterocycles. The van der Waals surface area contributed by atoms with E-state index in [1.165, 1.54) is 0 Å². The van der Waals surface area contributed by atoms with Gasteiger partial charge in [-0.15, -0.1) is 0 Å². The summed E-state index contributed by atoms with van der Waals surface area (Å²) < 4.78 is 28.1. The number of nitrogens with zero attached hydrogens (tertiary/aromatic N) is 1. The number of anilines is 1. The smallest absolute Gasteiger partial charge is 0.240 e. The number of benzene rings is 2. The van der Waals surface area contributed by atoms with E-state index < -0.39 is 10.0 Å². The fourth-order valence-electron chi connectivity index (χ4n) is 2.82. The van der Waals surface area contributed by atoms with Crippen molar-refractivity contribution in [2.75, 3.05) is 18.0 Å². The predicted octanol–water partition coefficient (Wildman–Crippen LogP) is 3.09.